The van der Waals surface area contributed by atoms with Crippen LogP contribution in [0.5, 0.6) is 11.5 Å². The van der Waals surface area contributed by atoms with E-state index in [-0.39, 0.29) is 25.2 Å². The molecule has 0 atom stereocenters. The Balaban J connectivity index is 1.57. The highest BCUT2D eigenvalue weighted by molar-refractivity contribution is 5.95. The zero-order chi connectivity index (χ0) is 20.1. The quantitative estimate of drug-likeness (QED) is 0.808. The lowest BCUT2D eigenvalue weighted by molar-refractivity contribution is -0.226. The Morgan fingerprint density at radius 3 is 2.14 bits per heavy atom. The van der Waals surface area contributed by atoms with Gasteiger partial charge < -0.3 is 24.3 Å². The fourth-order valence-corrected chi connectivity index (χ4v) is 2.86. The maximum Gasteiger partial charge on any atom is 0.234 e. The maximum atomic E-state index is 12.8. The number of ether oxygens (including phenoxy) is 4. The second-order valence-corrected chi connectivity index (χ2v) is 7.43. The molecule has 0 bridgehead atoms. The van der Waals surface area contributed by atoms with Gasteiger partial charge in [0.25, 0.3) is 0 Å². The summed E-state index contributed by atoms with van der Waals surface area (Å²) in [6.45, 7) is 6.31. The Morgan fingerprint density at radius 1 is 1.04 bits per heavy atom. The number of anilines is 1. The largest absolute Gasteiger partial charge is 0.497 e. The number of rotatable bonds is 6. The van der Waals surface area contributed by atoms with Gasteiger partial charge in [0.15, 0.2) is 6.29 Å². The number of benzene rings is 2. The summed E-state index contributed by atoms with van der Waals surface area (Å²) in [6.07, 6.45) is -0.381. The third kappa shape index (κ3) is 4.82. The van der Waals surface area contributed by atoms with Crippen LogP contribution in [0.4, 0.5) is 5.69 Å². The molecule has 1 heterocycles. The van der Waals surface area contributed by atoms with Crippen LogP contribution in [0.3, 0.4) is 0 Å². The normalized spacial score (nSPS) is 22.0. The first-order chi connectivity index (χ1) is 13.4. The molecular weight excluding hydrogens is 358 g/mol. The second-order valence-electron chi connectivity index (χ2n) is 7.43. The van der Waals surface area contributed by atoms with Crippen molar-refractivity contribution in [3.05, 3.63) is 54.1 Å². The number of hydrogen-bond donors (Lipinski definition) is 1. The van der Waals surface area contributed by atoms with Crippen molar-refractivity contribution in [3.63, 3.8) is 0 Å². The molecule has 0 saturated carbocycles. The van der Waals surface area contributed by atoms with Crippen LogP contribution in [0.25, 0.3) is 0 Å². The second kappa shape index (κ2) is 8.63. The smallest absolute Gasteiger partial charge is 0.234 e. The molecule has 1 amide bonds. The molecule has 150 valence electrons. The molecule has 1 aliphatic rings. The summed E-state index contributed by atoms with van der Waals surface area (Å²) in [6, 6.07) is 14.8. The van der Waals surface area contributed by atoms with Crippen molar-refractivity contribution in [1.82, 2.24) is 0 Å². The van der Waals surface area contributed by atoms with E-state index in [1.807, 2.05) is 69.3 Å². The fourth-order valence-electron chi connectivity index (χ4n) is 2.86. The molecule has 2 aromatic rings. The molecule has 1 N–H and O–H groups in total. The van der Waals surface area contributed by atoms with Crippen molar-refractivity contribution in [2.75, 3.05) is 25.6 Å². The van der Waals surface area contributed by atoms with E-state index in [1.54, 1.807) is 7.11 Å². The van der Waals surface area contributed by atoms with Crippen LogP contribution < -0.4 is 14.8 Å². The summed E-state index contributed by atoms with van der Waals surface area (Å²) in [5, 5.41) is 2.93. The highest BCUT2D eigenvalue weighted by Gasteiger charge is 2.39. The number of hydrogen-bond acceptors (Lipinski definition) is 5. The van der Waals surface area contributed by atoms with Crippen molar-refractivity contribution in [3.8, 4) is 11.5 Å². The van der Waals surface area contributed by atoms with Gasteiger partial charge in [-0.05, 0) is 57.2 Å². The summed E-state index contributed by atoms with van der Waals surface area (Å²) in [4.78, 5) is 12.8. The van der Waals surface area contributed by atoms with E-state index in [4.69, 9.17) is 18.9 Å². The predicted molar refractivity (Wildman–Crippen MR) is 107 cm³/mol. The molecule has 1 aliphatic heterocycles. The minimum Gasteiger partial charge on any atom is -0.497 e. The van der Waals surface area contributed by atoms with E-state index < -0.39 is 11.7 Å². The van der Waals surface area contributed by atoms with Gasteiger partial charge in [0.1, 0.15) is 11.5 Å². The Labute approximate surface area is 165 Å². The first-order valence-corrected chi connectivity index (χ1v) is 9.35. The van der Waals surface area contributed by atoms with E-state index in [1.165, 1.54) is 0 Å². The average molecular weight is 385 g/mol. The molecular formula is C22H27NO5. The van der Waals surface area contributed by atoms with Gasteiger partial charge in [-0.2, -0.15) is 0 Å². The zero-order valence-electron chi connectivity index (χ0n) is 16.7. The number of nitrogens with one attached hydrogen (secondary N) is 1. The van der Waals surface area contributed by atoms with Crippen molar-refractivity contribution in [2.45, 2.75) is 33.2 Å². The van der Waals surface area contributed by atoms with Gasteiger partial charge in [0.2, 0.25) is 5.91 Å². The highest BCUT2D eigenvalue weighted by atomic mass is 16.7. The summed E-state index contributed by atoms with van der Waals surface area (Å²) < 4.78 is 22.4. The molecule has 6 nitrogen and oxygen atoms in total. The first kappa shape index (κ1) is 20.2. The predicted octanol–water partition coefficient (Wildman–Crippen LogP) is 4.17. The van der Waals surface area contributed by atoms with Crippen LogP contribution in [0.2, 0.25) is 0 Å². The van der Waals surface area contributed by atoms with E-state index in [9.17, 15) is 4.79 Å². The number of methoxy groups -OCH3 is 1. The molecule has 3 rings (SSSR count). The van der Waals surface area contributed by atoms with Crippen molar-refractivity contribution < 1.29 is 23.7 Å². The number of amides is 1. The number of carbonyl (C=O) groups is 1. The Bertz CT molecular complexity index is 778. The van der Waals surface area contributed by atoms with Gasteiger partial charge in [-0.1, -0.05) is 12.1 Å². The topological polar surface area (TPSA) is 66.0 Å². The number of carbonyl (C=O) groups excluding carboxylic acids is 1. The van der Waals surface area contributed by atoms with Crippen LogP contribution in [0, 0.1) is 5.41 Å². The van der Waals surface area contributed by atoms with Gasteiger partial charge >= 0.3 is 0 Å². The monoisotopic (exact) mass is 385 g/mol. The minimum atomic E-state index is -0.768. The minimum absolute atomic E-state index is 0.106. The molecule has 0 aliphatic carbocycles. The van der Waals surface area contributed by atoms with E-state index >= 15 is 0 Å². The van der Waals surface area contributed by atoms with E-state index in [0.29, 0.717) is 5.69 Å². The van der Waals surface area contributed by atoms with Gasteiger partial charge in [-0.3, -0.25) is 4.79 Å². The van der Waals surface area contributed by atoms with Crippen molar-refractivity contribution >= 4 is 11.6 Å². The third-order valence-corrected chi connectivity index (χ3v) is 4.53. The standard InChI is InChI=1S/C22H27NO5/c1-15(2)28-19-11-7-17(8-12-19)23-21(24)22(3)13-26-20(27-14-22)16-5-9-18(25-4)10-6-16/h5-12,15,20H,13-14H2,1-4H3,(H,23,24). The first-order valence-electron chi connectivity index (χ1n) is 9.35. The van der Waals surface area contributed by atoms with Gasteiger partial charge in [-0.25, -0.2) is 0 Å². The molecule has 0 aromatic heterocycles. The molecule has 0 spiro atoms. The zero-order valence-corrected chi connectivity index (χ0v) is 16.7. The summed E-state index contributed by atoms with van der Waals surface area (Å²) >= 11 is 0. The average Bonchev–Trinajstić information content (AvgIpc) is 2.70. The lowest BCUT2D eigenvalue weighted by Gasteiger charge is -2.36. The Hall–Kier alpha value is -2.57. The van der Waals surface area contributed by atoms with E-state index in [2.05, 4.69) is 5.32 Å². The van der Waals surface area contributed by atoms with Gasteiger partial charge in [0, 0.05) is 11.3 Å². The van der Waals surface area contributed by atoms with Crippen LogP contribution in [0.15, 0.2) is 48.5 Å². The molecule has 1 fully saturated rings. The fraction of sp³-hybridized carbons (Fsp3) is 0.409. The van der Waals surface area contributed by atoms with Crippen LogP contribution in [-0.4, -0.2) is 32.3 Å². The Kier molecular flexibility index (Phi) is 6.21. The highest BCUT2D eigenvalue weighted by Crippen LogP contribution is 2.33. The third-order valence-electron chi connectivity index (χ3n) is 4.53. The molecule has 28 heavy (non-hydrogen) atoms. The summed E-state index contributed by atoms with van der Waals surface area (Å²) in [7, 11) is 1.62. The van der Waals surface area contributed by atoms with E-state index in [0.717, 1.165) is 17.1 Å². The molecule has 1 saturated heterocycles. The lowest BCUT2D eigenvalue weighted by Crippen LogP contribution is -2.45. The summed E-state index contributed by atoms with van der Waals surface area (Å²) in [5.74, 6) is 1.40. The SMILES string of the molecule is COc1ccc(C2OCC(C)(C(=O)Nc3ccc(OC(C)C)cc3)CO2)cc1. The maximum absolute atomic E-state index is 12.8. The Morgan fingerprint density at radius 2 is 1.61 bits per heavy atom. The van der Waals surface area contributed by atoms with Crippen molar-refractivity contribution in [1.29, 1.82) is 0 Å². The molecule has 2 aromatic carbocycles. The van der Waals surface area contributed by atoms with Crippen LogP contribution >= 0.6 is 0 Å². The molecule has 6 heteroatoms. The van der Waals surface area contributed by atoms with Gasteiger partial charge in [0.05, 0.1) is 31.8 Å². The van der Waals surface area contributed by atoms with Crippen molar-refractivity contribution in [2.24, 2.45) is 5.41 Å². The van der Waals surface area contributed by atoms with Crippen LogP contribution in [-0.2, 0) is 14.3 Å². The van der Waals surface area contributed by atoms with Crippen LogP contribution in [0.1, 0.15) is 32.6 Å². The van der Waals surface area contributed by atoms with Gasteiger partial charge in [-0.15, -0.1) is 0 Å². The lowest BCUT2D eigenvalue weighted by atomic mass is 9.90. The molecule has 0 unspecified atom stereocenters. The summed E-state index contributed by atoms with van der Waals surface area (Å²) in [5.41, 5.74) is 0.833. The molecule has 0 radical (unpaired) electrons.